The zero-order chi connectivity index (χ0) is 25.5. The van der Waals surface area contributed by atoms with Gasteiger partial charge in [-0.1, -0.05) is 32.1 Å². The van der Waals surface area contributed by atoms with Crippen molar-refractivity contribution in [3.05, 3.63) is 10.6 Å². The van der Waals surface area contributed by atoms with Crippen molar-refractivity contribution in [2.75, 3.05) is 18.4 Å². The fraction of sp³-hybridized carbons (Fsp3) is 0.667. The molecule has 0 unspecified atom stereocenters. The van der Waals surface area contributed by atoms with Gasteiger partial charge in [0.15, 0.2) is 10.8 Å². The maximum absolute atomic E-state index is 12.6. The van der Waals surface area contributed by atoms with Crippen molar-refractivity contribution in [2.24, 2.45) is 5.73 Å². The summed E-state index contributed by atoms with van der Waals surface area (Å²) >= 11 is 0.502. The number of anilines is 1. The molecule has 0 bridgehead atoms. The number of nitrogens with two attached hydrogens (primary N) is 1. The number of alkyl carbamates (subject to hydrolysis) is 1. The van der Waals surface area contributed by atoms with E-state index in [1.165, 1.54) is 0 Å². The number of aromatic nitrogens is 1. The van der Waals surface area contributed by atoms with Crippen LogP contribution in [-0.2, 0) is 22.3 Å². The Morgan fingerprint density at radius 1 is 1.16 bits per heavy atom. The summed E-state index contributed by atoms with van der Waals surface area (Å²) < 4.78 is 42.8. The van der Waals surface area contributed by atoms with Crippen molar-refractivity contribution in [3.8, 4) is 0 Å². The lowest BCUT2D eigenvalue weighted by Crippen LogP contribution is -2.37. The number of carbonyl (C=O) groups is 3. The van der Waals surface area contributed by atoms with E-state index in [9.17, 15) is 27.6 Å². The van der Waals surface area contributed by atoms with Crippen molar-refractivity contribution in [2.45, 2.75) is 66.3 Å². The molecule has 1 rings (SSSR count). The molecule has 4 amide bonds. The standard InChI is InChI=1S/C12H16F3N3O4S.C4H10N2O.C2H6/c1-11(2,3)22-10(21)16-4-7(20)17-9-18-8(12(13,14)15)6(5-19)23-9;1-2-3-6-4(5)7;1-2/h19H,4-5H2,1-3H3,(H,16,21)(H,17,18,20);2-3H2,1H3,(H3,5,6,7);1-2H3. The summed E-state index contributed by atoms with van der Waals surface area (Å²) in [6.07, 6.45) is -4.63. The van der Waals surface area contributed by atoms with E-state index in [0.29, 0.717) is 17.9 Å². The van der Waals surface area contributed by atoms with Gasteiger partial charge in [-0.15, -0.1) is 0 Å². The number of hydrogen-bond acceptors (Lipinski definition) is 7. The van der Waals surface area contributed by atoms with E-state index < -0.39 is 53.5 Å². The molecule has 1 heterocycles. The van der Waals surface area contributed by atoms with E-state index in [4.69, 9.17) is 15.6 Å². The summed E-state index contributed by atoms with van der Waals surface area (Å²) in [7, 11) is 0. The van der Waals surface area contributed by atoms with Gasteiger partial charge in [-0.25, -0.2) is 14.6 Å². The second-order valence-corrected chi connectivity index (χ2v) is 7.72. The van der Waals surface area contributed by atoms with Crippen LogP contribution in [0.5, 0.6) is 0 Å². The number of aliphatic hydroxyl groups excluding tert-OH is 1. The van der Waals surface area contributed by atoms with Gasteiger partial charge >= 0.3 is 18.3 Å². The molecule has 10 nitrogen and oxygen atoms in total. The van der Waals surface area contributed by atoms with Crippen LogP contribution in [-0.4, -0.2) is 46.8 Å². The molecule has 0 saturated carbocycles. The highest BCUT2D eigenvalue weighted by atomic mass is 32.1. The van der Waals surface area contributed by atoms with Crippen LogP contribution >= 0.6 is 11.3 Å². The molecular formula is C18H32F3N5O5S. The van der Waals surface area contributed by atoms with Gasteiger partial charge in [-0.05, 0) is 27.2 Å². The zero-order valence-corrected chi connectivity index (χ0v) is 19.8. The Labute approximate surface area is 189 Å². The Kier molecular flexibility index (Phi) is 15.0. The third kappa shape index (κ3) is 15.2. The van der Waals surface area contributed by atoms with E-state index in [0.717, 1.165) is 6.42 Å². The third-order valence-electron chi connectivity index (χ3n) is 2.70. The highest BCUT2D eigenvalue weighted by Gasteiger charge is 2.37. The number of ether oxygens (including phenoxy) is 1. The van der Waals surface area contributed by atoms with Crippen molar-refractivity contribution < 1.29 is 37.4 Å². The largest absolute Gasteiger partial charge is 0.444 e. The third-order valence-corrected chi connectivity index (χ3v) is 3.65. The first kappa shape index (κ1) is 31.6. The SMILES string of the molecule is CC.CC(C)(C)OC(=O)NCC(=O)Nc1nc(C(F)(F)F)c(CO)s1.CCCNC(N)=O. The minimum absolute atomic E-state index is 0.322. The molecule has 186 valence electrons. The number of primary amides is 1. The molecule has 0 radical (unpaired) electrons. The smallest absolute Gasteiger partial charge is 0.434 e. The second kappa shape index (κ2) is 15.2. The molecule has 0 aliphatic carbocycles. The van der Waals surface area contributed by atoms with Gasteiger partial charge < -0.3 is 31.5 Å². The van der Waals surface area contributed by atoms with Crippen molar-refractivity contribution in [1.29, 1.82) is 0 Å². The lowest BCUT2D eigenvalue weighted by molar-refractivity contribution is -0.141. The van der Waals surface area contributed by atoms with Gasteiger partial charge in [0.25, 0.3) is 0 Å². The van der Waals surface area contributed by atoms with E-state index in [1.54, 1.807) is 20.8 Å². The van der Waals surface area contributed by atoms with Gasteiger partial charge in [-0.3, -0.25) is 4.79 Å². The van der Waals surface area contributed by atoms with E-state index in [2.05, 4.69) is 20.9 Å². The van der Waals surface area contributed by atoms with Crippen LogP contribution in [0.25, 0.3) is 0 Å². The van der Waals surface area contributed by atoms with Gasteiger partial charge in [0.05, 0.1) is 11.5 Å². The summed E-state index contributed by atoms with van der Waals surface area (Å²) in [5.74, 6) is -0.775. The van der Waals surface area contributed by atoms with Crippen LogP contribution in [0.15, 0.2) is 0 Å². The quantitative estimate of drug-likeness (QED) is 0.415. The van der Waals surface area contributed by atoms with E-state index in [1.807, 2.05) is 20.8 Å². The Morgan fingerprint density at radius 3 is 2.06 bits per heavy atom. The van der Waals surface area contributed by atoms with Crippen LogP contribution < -0.4 is 21.7 Å². The first-order valence-electron chi connectivity index (χ1n) is 9.67. The average Bonchev–Trinajstić information content (AvgIpc) is 3.09. The molecule has 0 saturated heterocycles. The van der Waals surface area contributed by atoms with Crippen LogP contribution in [0.2, 0.25) is 0 Å². The molecule has 14 heteroatoms. The fourth-order valence-corrected chi connectivity index (χ4v) is 2.47. The highest BCUT2D eigenvalue weighted by Crippen LogP contribution is 2.36. The number of urea groups is 1. The second-order valence-electron chi connectivity index (χ2n) is 6.64. The Bertz CT molecular complexity index is 721. The van der Waals surface area contributed by atoms with E-state index in [-0.39, 0.29) is 5.13 Å². The van der Waals surface area contributed by atoms with Gasteiger partial charge in [-0.2, -0.15) is 13.2 Å². The number of amides is 4. The van der Waals surface area contributed by atoms with Crippen molar-refractivity contribution >= 4 is 34.5 Å². The number of nitrogens with one attached hydrogen (secondary N) is 3. The molecule has 1 aromatic heterocycles. The first-order valence-corrected chi connectivity index (χ1v) is 10.5. The molecule has 6 N–H and O–H groups in total. The van der Waals surface area contributed by atoms with Crippen molar-refractivity contribution in [1.82, 2.24) is 15.6 Å². The summed E-state index contributed by atoms with van der Waals surface area (Å²) in [5, 5.41) is 15.3. The number of alkyl halides is 3. The predicted molar refractivity (Wildman–Crippen MR) is 115 cm³/mol. The maximum atomic E-state index is 12.6. The molecule has 0 fully saturated rings. The Balaban J connectivity index is 0. The Morgan fingerprint density at radius 2 is 1.72 bits per heavy atom. The molecule has 1 aromatic rings. The van der Waals surface area contributed by atoms with Crippen molar-refractivity contribution in [3.63, 3.8) is 0 Å². The fourth-order valence-electron chi connectivity index (χ4n) is 1.61. The number of aliphatic hydroxyl groups is 1. The molecule has 0 aliphatic heterocycles. The minimum Gasteiger partial charge on any atom is -0.444 e. The zero-order valence-electron chi connectivity index (χ0n) is 19.0. The number of thiazole rings is 1. The summed E-state index contributed by atoms with van der Waals surface area (Å²) in [4.78, 5) is 35.6. The number of carbonyl (C=O) groups excluding carboxylic acids is 3. The number of nitrogens with zero attached hydrogens (tertiary/aromatic N) is 1. The lowest BCUT2D eigenvalue weighted by Gasteiger charge is -2.19. The molecule has 0 atom stereocenters. The molecule has 0 spiro atoms. The first-order chi connectivity index (χ1) is 14.7. The van der Waals surface area contributed by atoms with Gasteiger partial charge in [0.2, 0.25) is 5.91 Å². The average molecular weight is 488 g/mol. The normalized spacial score (nSPS) is 10.6. The number of hydrogen-bond donors (Lipinski definition) is 5. The lowest BCUT2D eigenvalue weighted by atomic mass is 10.2. The maximum Gasteiger partial charge on any atom is 0.434 e. The molecule has 0 aromatic carbocycles. The van der Waals surface area contributed by atoms with Crippen LogP contribution in [0.4, 0.5) is 27.9 Å². The Hall–Kier alpha value is -2.61. The van der Waals surface area contributed by atoms with Gasteiger partial charge in [0.1, 0.15) is 12.1 Å². The van der Waals surface area contributed by atoms with Gasteiger partial charge in [0, 0.05) is 6.54 Å². The topological polar surface area (TPSA) is 156 Å². The summed E-state index contributed by atoms with van der Waals surface area (Å²) in [6.45, 7) is 10.2. The highest BCUT2D eigenvalue weighted by molar-refractivity contribution is 7.15. The molecule has 32 heavy (non-hydrogen) atoms. The number of rotatable bonds is 6. The minimum atomic E-state index is -4.73. The van der Waals surface area contributed by atoms with Crippen LogP contribution in [0.3, 0.4) is 0 Å². The molecule has 0 aliphatic rings. The van der Waals surface area contributed by atoms with Crippen LogP contribution in [0.1, 0.15) is 58.5 Å². The summed E-state index contributed by atoms with van der Waals surface area (Å²) in [6, 6.07) is -0.443. The van der Waals surface area contributed by atoms with E-state index >= 15 is 0 Å². The monoisotopic (exact) mass is 487 g/mol. The summed E-state index contributed by atoms with van der Waals surface area (Å²) in [5.41, 5.74) is 2.74. The predicted octanol–water partition coefficient (Wildman–Crippen LogP) is 3.21. The van der Waals surface area contributed by atoms with Crippen LogP contribution in [0, 0.1) is 0 Å². The number of halogens is 3. The molecular weight excluding hydrogens is 455 g/mol.